The molecule has 0 fully saturated rings. The smallest absolute Gasteiger partial charge is 0.0472 e. The second kappa shape index (κ2) is 5.79. The summed E-state index contributed by atoms with van der Waals surface area (Å²) in [6, 6.07) is 11.0. The lowest BCUT2D eigenvalue weighted by atomic mass is 9.85. The molecule has 0 unspecified atom stereocenters. The summed E-state index contributed by atoms with van der Waals surface area (Å²) in [4.78, 5) is 2.37. The number of nitrogens with zero attached hydrogens (tertiary/aromatic N) is 1. The highest BCUT2D eigenvalue weighted by Gasteiger charge is 2.22. The average Bonchev–Trinajstić information content (AvgIpc) is 2.44. The summed E-state index contributed by atoms with van der Waals surface area (Å²) in [5.74, 6) is 0. The van der Waals surface area contributed by atoms with Crippen LogP contribution in [0.5, 0.6) is 0 Å². The predicted molar refractivity (Wildman–Crippen MR) is 98.6 cm³/mol. The fourth-order valence-electron chi connectivity index (χ4n) is 3.22. The Morgan fingerprint density at radius 3 is 1.82 bits per heavy atom. The molecule has 2 rings (SSSR count). The van der Waals surface area contributed by atoms with Gasteiger partial charge in [0.05, 0.1) is 0 Å². The van der Waals surface area contributed by atoms with Crippen LogP contribution in [0.25, 0.3) is 0 Å². The van der Waals surface area contributed by atoms with E-state index in [9.17, 15) is 0 Å². The van der Waals surface area contributed by atoms with E-state index >= 15 is 0 Å². The molecule has 118 valence electrons. The quantitative estimate of drug-likeness (QED) is 0.658. The molecule has 0 amide bonds. The average molecular weight is 295 g/mol. The zero-order valence-electron chi connectivity index (χ0n) is 15.3. The lowest BCUT2D eigenvalue weighted by Gasteiger charge is -2.31. The maximum atomic E-state index is 2.37. The molecular formula is C21H29N. The number of para-hydroxylation sites is 1. The number of hydrogen-bond acceptors (Lipinski definition) is 1. The second-order valence-electron chi connectivity index (χ2n) is 7.44. The van der Waals surface area contributed by atoms with E-state index in [1.54, 1.807) is 0 Å². The first kappa shape index (κ1) is 16.6. The van der Waals surface area contributed by atoms with Crippen molar-refractivity contribution in [1.82, 2.24) is 0 Å². The van der Waals surface area contributed by atoms with Crippen LogP contribution in [0.15, 0.2) is 30.3 Å². The molecule has 1 nitrogen and oxygen atoms in total. The van der Waals surface area contributed by atoms with Gasteiger partial charge < -0.3 is 4.90 Å². The van der Waals surface area contributed by atoms with Gasteiger partial charge in [-0.05, 0) is 67.0 Å². The van der Waals surface area contributed by atoms with E-state index in [4.69, 9.17) is 0 Å². The fourth-order valence-corrected chi connectivity index (χ4v) is 3.22. The van der Waals surface area contributed by atoms with Crippen molar-refractivity contribution in [3.63, 3.8) is 0 Å². The van der Waals surface area contributed by atoms with Crippen LogP contribution in [0, 0.1) is 27.7 Å². The number of anilines is 2. The number of aryl methyl sites for hydroxylation is 2. The van der Waals surface area contributed by atoms with Gasteiger partial charge in [0, 0.05) is 18.4 Å². The Morgan fingerprint density at radius 2 is 1.32 bits per heavy atom. The van der Waals surface area contributed by atoms with Gasteiger partial charge in [0.15, 0.2) is 0 Å². The van der Waals surface area contributed by atoms with Crippen molar-refractivity contribution in [3.05, 3.63) is 58.1 Å². The Kier molecular flexibility index (Phi) is 4.37. The van der Waals surface area contributed by atoms with E-state index in [0.717, 1.165) is 0 Å². The maximum absolute atomic E-state index is 2.37. The SMILES string of the molecule is Cc1cc(C)c(C)c(N(C)c2ccccc2C(C)(C)C)c1C. The van der Waals surface area contributed by atoms with Gasteiger partial charge in [0.2, 0.25) is 0 Å². The molecule has 0 radical (unpaired) electrons. The van der Waals surface area contributed by atoms with Gasteiger partial charge in [-0.1, -0.05) is 45.0 Å². The summed E-state index contributed by atoms with van der Waals surface area (Å²) in [5.41, 5.74) is 9.61. The molecule has 0 saturated carbocycles. The minimum absolute atomic E-state index is 0.130. The normalized spacial score (nSPS) is 11.6. The molecule has 0 saturated heterocycles. The molecule has 22 heavy (non-hydrogen) atoms. The third-order valence-corrected chi connectivity index (χ3v) is 4.74. The van der Waals surface area contributed by atoms with E-state index in [1.165, 1.54) is 39.2 Å². The second-order valence-corrected chi connectivity index (χ2v) is 7.44. The lowest BCUT2D eigenvalue weighted by molar-refractivity contribution is 0.590. The summed E-state index contributed by atoms with van der Waals surface area (Å²) < 4.78 is 0. The van der Waals surface area contributed by atoms with Crippen molar-refractivity contribution < 1.29 is 0 Å². The summed E-state index contributed by atoms with van der Waals surface area (Å²) >= 11 is 0. The van der Waals surface area contributed by atoms with E-state index in [1.807, 2.05) is 0 Å². The molecule has 0 aliphatic rings. The number of benzene rings is 2. The first-order chi connectivity index (χ1) is 10.1. The molecule has 0 N–H and O–H groups in total. The van der Waals surface area contributed by atoms with Gasteiger partial charge in [-0.2, -0.15) is 0 Å². The van der Waals surface area contributed by atoms with Crippen molar-refractivity contribution >= 4 is 11.4 Å². The lowest BCUT2D eigenvalue weighted by Crippen LogP contribution is -2.20. The van der Waals surface area contributed by atoms with E-state index in [-0.39, 0.29) is 5.41 Å². The highest BCUT2D eigenvalue weighted by molar-refractivity contribution is 5.74. The van der Waals surface area contributed by atoms with Crippen molar-refractivity contribution in [3.8, 4) is 0 Å². The molecule has 0 aromatic heterocycles. The highest BCUT2D eigenvalue weighted by atomic mass is 15.1. The van der Waals surface area contributed by atoms with Gasteiger partial charge in [-0.15, -0.1) is 0 Å². The Hall–Kier alpha value is -1.76. The van der Waals surface area contributed by atoms with E-state index in [0.29, 0.717) is 0 Å². The third-order valence-electron chi connectivity index (χ3n) is 4.74. The summed E-state index contributed by atoms with van der Waals surface area (Å²) in [7, 11) is 2.19. The van der Waals surface area contributed by atoms with Crippen molar-refractivity contribution in [1.29, 1.82) is 0 Å². The zero-order chi connectivity index (χ0) is 16.7. The molecule has 2 aromatic carbocycles. The molecule has 0 bridgehead atoms. The van der Waals surface area contributed by atoms with Gasteiger partial charge in [-0.3, -0.25) is 0 Å². The Balaban J connectivity index is 2.67. The molecular weight excluding hydrogens is 266 g/mol. The fraction of sp³-hybridized carbons (Fsp3) is 0.429. The minimum atomic E-state index is 0.130. The Morgan fingerprint density at radius 1 is 0.818 bits per heavy atom. The van der Waals surface area contributed by atoms with Gasteiger partial charge in [0.25, 0.3) is 0 Å². The predicted octanol–water partition coefficient (Wildman–Crippen LogP) is 5.99. The van der Waals surface area contributed by atoms with Gasteiger partial charge in [-0.25, -0.2) is 0 Å². The molecule has 0 aliphatic heterocycles. The van der Waals surface area contributed by atoms with E-state index < -0.39 is 0 Å². The van der Waals surface area contributed by atoms with Gasteiger partial charge >= 0.3 is 0 Å². The van der Waals surface area contributed by atoms with Crippen LogP contribution in [0.1, 0.15) is 48.6 Å². The molecule has 2 aromatic rings. The zero-order valence-corrected chi connectivity index (χ0v) is 15.3. The van der Waals surface area contributed by atoms with Crippen molar-refractivity contribution in [2.45, 2.75) is 53.9 Å². The molecule has 0 spiro atoms. The maximum Gasteiger partial charge on any atom is 0.0472 e. The summed E-state index contributed by atoms with van der Waals surface area (Å²) in [5, 5.41) is 0. The van der Waals surface area contributed by atoms with Gasteiger partial charge in [0.1, 0.15) is 0 Å². The first-order valence-corrected chi connectivity index (χ1v) is 8.05. The van der Waals surface area contributed by atoms with Crippen LogP contribution in [-0.2, 0) is 5.41 Å². The van der Waals surface area contributed by atoms with Crippen LogP contribution in [0.3, 0.4) is 0 Å². The van der Waals surface area contributed by atoms with Crippen LogP contribution in [0.2, 0.25) is 0 Å². The Labute approximate surface area is 136 Å². The number of rotatable bonds is 2. The highest BCUT2D eigenvalue weighted by Crippen LogP contribution is 2.38. The standard InChI is InChI=1S/C21H29N/c1-14-13-15(2)17(4)20(16(14)3)22(8)19-12-10-9-11-18(19)21(5,6)7/h9-13H,1-8H3. The molecule has 0 atom stereocenters. The third kappa shape index (κ3) is 2.90. The largest absolute Gasteiger partial charge is 0.344 e. The molecule has 0 heterocycles. The summed E-state index contributed by atoms with van der Waals surface area (Å²) in [6.45, 7) is 15.7. The van der Waals surface area contributed by atoms with Crippen LogP contribution in [0.4, 0.5) is 11.4 Å². The molecule has 1 heteroatoms. The summed E-state index contributed by atoms with van der Waals surface area (Å²) in [6.07, 6.45) is 0. The Bertz CT molecular complexity index is 664. The van der Waals surface area contributed by atoms with Crippen LogP contribution < -0.4 is 4.90 Å². The minimum Gasteiger partial charge on any atom is -0.344 e. The van der Waals surface area contributed by atoms with Crippen molar-refractivity contribution in [2.75, 3.05) is 11.9 Å². The first-order valence-electron chi connectivity index (χ1n) is 8.05. The van der Waals surface area contributed by atoms with Crippen LogP contribution in [-0.4, -0.2) is 7.05 Å². The topological polar surface area (TPSA) is 3.24 Å². The van der Waals surface area contributed by atoms with E-state index in [2.05, 4.69) is 90.7 Å². The molecule has 0 aliphatic carbocycles. The van der Waals surface area contributed by atoms with Crippen molar-refractivity contribution in [2.24, 2.45) is 0 Å². The monoisotopic (exact) mass is 295 g/mol. The van der Waals surface area contributed by atoms with Crippen LogP contribution >= 0.6 is 0 Å². The number of hydrogen-bond donors (Lipinski definition) is 0.